The van der Waals surface area contributed by atoms with Gasteiger partial charge in [0, 0.05) is 32.3 Å². The summed E-state index contributed by atoms with van der Waals surface area (Å²) in [7, 11) is 0. The summed E-state index contributed by atoms with van der Waals surface area (Å²) in [4.78, 5) is 14.2. The number of rotatable bonds is 3. The van der Waals surface area contributed by atoms with E-state index in [0.717, 1.165) is 39.1 Å². The number of hydrogen-bond donors (Lipinski definition) is 1. The van der Waals surface area contributed by atoms with E-state index in [4.69, 9.17) is 9.47 Å². The molecule has 2 rings (SSSR count). The fraction of sp³-hybridized carbons (Fsp3) is 0.933. The third-order valence-corrected chi connectivity index (χ3v) is 3.79. The third kappa shape index (κ3) is 5.29. The highest BCUT2D eigenvalue weighted by molar-refractivity contribution is 5.68. The second kappa shape index (κ2) is 6.76. The molecule has 0 aromatic heterocycles. The third-order valence-electron chi connectivity index (χ3n) is 3.79. The van der Waals surface area contributed by atoms with Gasteiger partial charge in [0.05, 0.1) is 6.10 Å². The van der Waals surface area contributed by atoms with E-state index in [1.54, 1.807) is 0 Å². The Bertz CT molecular complexity index is 314. The largest absolute Gasteiger partial charge is 0.444 e. The molecule has 0 aliphatic carbocycles. The van der Waals surface area contributed by atoms with Crippen molar-refractivity contribution in [2.24, 2.45) is 0 Å². The minimum absolute atomic E-state index is 0.241. The van der Waals surface area contributed by atoms with E-state index in [9.17, 15) is 4.79 Å². The topological polar surface area (TPSA) is 50.8 Å². The Labute approximate surface area is 122 Å². The fourth-order valence-corrected chi connectivity index (χ4v) is 2.81. The second-order valence-electron chi connectivity index (χ2n) is 6.86. The van der Waals surface area contributed by atoms with Crippen LogP contribution in [-0.4, -0.2) is 55.0 Å². The maximum Gasteiger partial charge on any atom is 0.407 e. The molecule has 1 atom stereocenters. The highest BCUT2D eigenvalue weighted by Crippen LogP contribution is 2.17. The lowest BCUT2D eigenvalue weighted by Crippen LogP contribution is -2.47. The van der Waals surface area contributed by atoms with Crippen LogP contribution in [-0.2, 0) is 9.47 Å². The second-order valence-corrected chi connectivity index (χ2v) is 6.86. The lowest BCUT2D eigenvalue weighted by Gasteiger charge is -2.33. The van der Waals surface area contributed by atoms with Crippen LogP contribution in [0.25, 0.3) is 0 Å². The van der Waals surface area contributed by atoms with Crippen molar-refractivity contribution in [1.29, 1.82) is 0 Å². The summed E-state index contributed by atoms with van der Waals surface area (Å²) in [5.41, 5.74) is -0.426. The molecule has 5 heteroatoms. The van der Waals surface area contributed by atoms with Crippen LogP contribution in [0.15, 0.2) is 0 Å². The SMILES string of the molecule is CC(C)(C)OC(=O)NC1CCN(CC2CCCO2)CC1. The summed E-state index contributed by atoms with van der Waals surface area (Å²) in [6, 6.07) is 0.241. The summed E-state index contributed by atoms with van der Waals surface area (Å²) < 4.78 is 11.0. The van der Waals surface area contributed by atoms with Gasteiger partial charge in [0.1, 0.15) is 5.60 Å². The highest BCUT2D eigenvalue weighted by atomic mass is 16.6. The van der Waals surface area contributed by atoms with Crippen LogP contribution in [0.1, 0.15) is 46.5 Å². The first-order valence-corrected chi connectivity index (χ1v) is 7.76. The lowest BCUT2D eigenvalue weighted by atomic mass is 10.0. The smallest absolute Gasteiger partial charge is 0.407 e. The van der Waals surface area contributed by atoms with Gasteiger partial charge in [-0.15, -0.1) is 0 Å². The van der Waals surface area contributed by atoms with Gasteiger partial charge in [-0.1, -0.05) is 0 Å². The van der Waals surface area contributed by atoms with Gasteiger partial charge in [0.25, 0.3) is 0 Å². The quantitative estimate of drug-likeness (QED) is 0.863. The van der Waals surface area contributed by atoms with Crippen LogP contribution in [0, 0.1) is 0 Å². The molecule has 0 saturated carbocycles. The normalized spacial score (nSPS) is 25.6. The number of alkyl carbamates (subject to hydrolysis) is 1. The number of nitrogens with zero attached hydrogens (tertiary/aromatic N) is 1. The summed E-state index contributed by atoms with van der Waals surface area (Å²) in [5, 5.41) is 2.97. The first kappa shape index (κ1) is 15.6. The molecule has 0 spiro atoms. The molecule has 2 heterocycles. The predicted octanol–water partition coefficient (Wildman–Crippen LogP) is 2.15. The standard InChI is InChI=1S/C15H28N2O3/c1-15(2,3)20-14(18)16-12-6-8-17(9-7-12)11-13-5-4-10-19-13/h12-13H,4-11H2,1-3H3,(H,16,18). The molecule has 2 saturated heterocycles. The lowest BCUT2D eigenvalue weighted by molar-refractivity contribution is 0.0433. The highest BCUT2D eigenvalue weighted by Gasteiger charge is 2.26. The Kier molecular flexibility index (Phi) is 5.27. The van der Waals surface area contributed by atoms with Crippen LogP contribution in [0.5, 0.6) is 0 Å². The van der Waals surface area contributed by atoms with Crippen LogP contribution in [0.2, 0.25) is 0 Å². The van der Waals surface area contributed by atoms with Crippen LogP contribution in [0.3, 0.4) is 0 Å². The van der Waals surface area contributed by atoms with Crippen LogP contribution in [0.4, 0.5) is 4.79 Å². The Morgan fingerprint density at radius 3 is 2.55 bits per heavy atom. The van der Waals surface area contributed by atoms with Crippen molar-refractivity contribution >= 4 is 6.09 Å². The number of amides is 1. The molecular weight excluding hydrogens is 256 g/mol. The number of hydrogen-bond acceptors (Lipinski definition) is 4. The molecule has 1 amide bonds. The van der Waals surface area contributed by atoms with Crippen LogP contribution >= 0.6 is 0 Å². The zero-order valence-electron chi connectivity index (χ0n) is 13.0. The number of likely N-dealkylation sites (tertiary alicyclic amines) is 1. The van der Waals surface area contributed by atoms with Crippen molar-refractivity contribution in [2.45, 2.75) is 64.2 Å². The van der Waals surface area contributed by atoms with Gasteiger partial charge in [-0.2, -0.15) is 0 Å². The Morgan fingerprint density at radius 2 is 2.00 bits per heavy atom. The molecule has 1 unspecified atom stereocenters. The minimum Gasteiger partial charge on any atom is -0.444 e. The van der Waals surface area contributed by atoms with Gasteiger partial charge < -0.3 is 19.7 Å². The molecular formula is C15H28N2O3. The zero-order valence-corrected chi connectivity index (χ0v) is 13.0. The molecule has 2 aliphatic rings. The monoisotopic (exact) mass is 284 g/mol. The van der Waals surface area contributed by atoms with E-state index in [0.29, 0.717) is 6.10 Å². The Balaban J connectivity index is 1.64. The Morgan fingerprint density at radius 1 is 1.30 bits per heavy atom. The molecule has 116 valence electrons. The molecule has 0 aromatic carbocycles. The fourth-order valence-electron chi connectivity index (χ4n) is 2.81. The molecule has 2 aliphatic heterocycles. The van der Waals surface area contributed by atoms with Gasteiger partial charge >= 0.3 is 6.09 Å². The van der Waals surface area contributed by atoms with E-state index < -0.39 is 5.60 Å². The van der Waals surface area contributed by atoms with E-state index in [1.165, 1.54) is 12.8 Å². The Hall–Kier alpha value is -0.810. The van der Waals surface area contributed by atoms with Gasteiger partial charge in [0.15, 0.2) is 0 Å². The van der Waals surface area contributed by atoms with Crippen molar-refractivity contribution in [1.82, 2.24) is 10.2 Å². The van der Waals surface area contributed by atoms with Gasteiger partial charge in [-0.3, -0.25) is 0 Å². The molecule has 5 nitrogen and oxygen atoms in total. The molecule has 0 aromatic rings. The van der Waals surface area contributed by atoms with Crippen molar-refractivity contribution < 1.29 is 14.3 Å². The molecule has 2 fully saturated rings. The van der Waals surface area contributed by atoms with Crippen molar-refractivity contribution in [3.05, 3.63) is 0 Å². The van der Waals surface area contributed by atoms with Gasteiger partial charge in [-0.05, 0) is 46.5 Å². The van der Waals surface area contributed by atoms with E-state index in [-0.39, 0.29) is 12.1 Å². The maximum absolute atomic E-state index is 11.7. The summed E-state index contributed by atoms with van der Waals surface area (Å²) >= 11 is 0. The first-order chi connectivity index (χ1) is 9.42. The number of carbonyl (C=O) groups is 1. The van der Waals surface area contributed by atoms with E-state index in [1.807, 2.05) is 20.8 Å². The zero-order chi connectivity index (χ0) is 14.6. The maximum atomic E-state index is 11.7. The number of nitrogens with one attached hydrogen (secondary N) is 1. The van der Waals surface area contributed by atoms with Crippen molar-refractivity contribution in [3.63, 3.8) is 0 Å². The van der Waals surface area contributed by atoms with E-state index in [2.05, 4.69) is 10.2 Å². The number of piperidine rings is 1. The van der Waals surface area contributed by atoms with Crippen molar-refractivity contribution in [2.75, 3.05) is 26.2 Å². The molecule has 20 heavy (non-hydrogen) atoms. The number of carbonyl (C=O) groups excluding carboxylic acids is 1. The van der Waals surface area contributed by atoms with Gasteiger partial charge in [-0.25, -0.2) is 4.79 Å². The predicted molar refractivity (Wildman–Crippen MR) is 77.8 cm³/mol. The summed E-state index contributed by atoms with van der Waals surface area (Å²) in [5.74, 6) is 0. The van der Waals surface area contributed by atoms with Gasteiger partial charge in [0.2, 0.25) is 0 Å². The number of ether oxygens (including phenoxy) is 2. The summed E-state index contributed by atoms with van der Waals surface area (Å²) in [6.45, 7) is 9.67. The molecule has 0 bridgehead atoms. The van der Waals surface area contributed by atoms with E-state index >= 15 is 0 Å². The summed E-state index contributed by atoms with van der Waals surface area (Å²) in [6.07, 6.45) is 4.50. The average Bonchev–Trinajstić information content (AvgIpc) is 2.82. The van der Waals surface area contributed by atoms with Crippen molar-refractivity contribution in [3.8, 4) is 0 Å². The average molecular weight is 284 g/mol. The minimum atomic E-state index is -0.426. The molecule has 1 N–H and O–H groups in total. The van der Waals surface area contributed by atoms with Crippen LogP contribution < -0.4 is 5.32 Å². The molecule has 0 radical (unpaired) electrons. The first-order valence-electron chi connectivity index (χ1n) is 7.76.